The molecule has 1 unspecified atom stereocenters. The fourth-order valence-electron chi connectivity index (χ4n) is 4.59. The van der Waals surface area contributed by atoms with Gasteiger partial charge in [-0.05, 0) is 48.0 Å². The van der Waals surface area contributed by atoms with Crippen molar-refractivity contribution in [3.63, 3.8) is 0 Å². The lowest BCUT2D eigenvalue weighted by atomic mass is 9.97. The van der Waals surface area contributed by atoms with E-state index in [0.29, 0.717) is 11.1 Å². The van der Waals surface area contributed by atoms with Gasteiger partial charge >= 0.3 is 5.97 Å². The number of esters is 1. The molecular formula is C32H19Cl2N5O5S. The number of hydrogen-bond acceptors (Lipinski definition) is 10. The lowest BCUT2D eigenvalue weighted by Crippen LogP contribution is -2.31. The number of amides is 2. The molecule has 3 aromatic carbocycles. The van der Waals surface area contributed by atoms with Crippen LogP contribution in [0.1, 0.15) is 38.3 Å². The number of carbonyl (C=O) groups is 4. The molecule has 0 bridgehead atoms. The second-order valence-corrected chi connectivity index (χ2v) is 11.6. The summed E-state index contributed by atoms with van der Waals surface area (Å²) in [5, 5.41) is 19.4. The zero-order valence-electron chi connectivity index (χ0n) is 23.0. The summed E-state index contributed by atoms with van der Waals surface area (Å²) < 4.78 is 5.12. The van der Waals surface area contributed by atoms with E-state index in [-0.39, 0.29) is 55.3 Å². The van der Waals surface area contributed by atoms with Crippen LogP contribution in [0.25, 0.3) is 11.1 Å². The van der Waals surface area contributed by atoms with Crippen LogP contribution in [0.4, 0.5) is 11.5 Å². The molecule has 0 radical (unpaired) electrons. The molecule has 2 N–H and O–H groups in total. The molecule has 45 heavy (non-hydrogen) atoms. The molecule has 1 aliphatic heterocycles. The number of ketones is 1. The standard InChI is InChI=1S/C32H19Cl2N5O5S/c33-23-11-8-19(12-24(23)34)25(40)16-44-32(43)18-6-9-20(10-7-18)39-27(41)13-26(31(39)42)45-30-22(15-36)28(17-4-2-1-3-5-17)21(14-35)29(37)38-30/h1-12,26H,13,16H2,(H2,37,38). The highest BCUT2D eigenvalue weighted by atomic mass is 35.5. The van der Waals surface area contributed by atoms with Gasteiger partial charge in [-0.3, -0.25) is 14.4 Å². The molecule has 1 atom stereocenters. The summed E-state index contributed by atoms with van der Waals surface area (Å²) in [6.07, 6.45) is -0.183. The molecule has 13 heteroatoms. The van der Waals surface area contributed by atoms with Crippen molar-refractivity contribution in [1.82, 2.24) is 4.98 Å². The van der Waals surface area contributed by atoms with Crippen molar-refractivity contribution < 1.29 is 23.9 Å². The number of nitriles is 2. The Morgan fingerprint density at radius 2 is 1.62 bits per heavy atom. The first-order valence-corrected chi connectivity index (χ1v) is 14.7. The normalized spacial score (nSPS) is 14.1. The largest absolute Gasteiger partial charge is 0.454 e. The summed E-state index contributed by atoms with van der Waals surface area (Å²) in [4.78, 5) is 56.5. The number of imide groups is 1. The number of nitrogens with zero attached hydrogens (tertiary/aromatic N) is 4. The summed E-state index contributed by atoms with van der Waals surface area (Å²) in [5.74, 6) is -2.42. The van der Waals surface area contributed by atoms with E-state index in [4.69, 9.17) is 33.7 Å². The number of thioether (sulfide) groups is 1. The van der Waals surface area contributed by atoms with Gasteiger partial charge in [-0.2, -0.15) is 10.5 Å². The number of rotatable bonds is 8. The second kappa shape index (κ2) is 13.2. The van der Waals surface area contributed by atoms with Crippen molar-refractivity contribution in [2.75, 3.05) is 17.2 Å². The van der Waals surface area contributed by atoms with Crippen molar-refractivity contribution in [3.8, 4) is 23.3 Å². The van der Waals surface area contributed by atoms with Crippen molar-refractivity contribution >= 4 is 70.0 Å². The highest BCUT2D eigenvalue weighted by molar-refractivity contribution is 8.00. The quantitative estimate of drug-likeness (QED) is 0.138. The van der Waals surface area contributed by atoms with Crippen LogP contribution < -0.4 is 10.6 Å². The molecule has 10 nitrogen and oxygen atoms in total. The molecule has 4 aromatic rings. The highest BCUT2D eigenvalue weighted by Gasteiger charge is 2.41. The topological polar surface area (TPSA) is 167 Å². The van der Waals surface area contributed by atoms with E-state index in [2.05, 4.69) is 11.1 Å². The van der Waals surface area contributed by atoms with Crippen LogP contribution in [0.5, 0.6) is 0 Å². The minimum absolute atomic E-state index is 0.0370. The summed E-state index contributed by atoms with van der Waals surface area (Å²) in [5.41, 5.74) is 7.59. The molecule has 222 valence electrons. The molecule has 0 saturated carbocycles. The highest BCUT2D eigenvalue weighted by Crippen LogP contribution is 2.40. The number of Topliss-reactive ketones (excluding diaryl/α,β-unsaturated/α-hetero) is 1. The number of anilines is 2. The summed E-state index contributed by atoms with van der Waals surface area (Å²) in [6.45, 7) is -0.537. The fourth-order valence-corrected chi connectivity index (χ4v) is 6.01. The third kappa shape index (κ3) is 6.37. The molecule has 1 saturated heterocycles. The van der Waals surface area contributed by atoms with E-state index in [1.54, 1.807) is 30.3 Å². The smallest absolute Gasteiger partial charge is 0.338 e. The molecule has 0 aliphatic carbocycles. The summed E-state index contributed by atoms with van der Waals surface area (Å²) >= 11 is 12.7. The molecule has 2 heterocycles. The van der Waals surface area contributed by atoms with Crippen molar-refractivity contribution in [2.45, 2.75) is 16.7 Å². The van der Waals surface area contributed by atoms with Crippen LogP contribution in [-0.4, -0.2) is 40.4 Å². The van der Waals surface area contributed by atoms with E-state index < -0.39 is 35.4 Å². The summed E-state index contributed by atoms with van der Waals surface area (Å²) in [7, 11) is 0. The molecule has 0 spiro atoms. The molecule has 1 fully saturated rings. The Balaban J connectivity index is 1.31. The SMILES string of the molecule is N#Cc1c(N)nc(SC2CC(=O)N(c3ccc(C(=O)OCC(=O)c4ccc(Cl)c(Cl)c4)cc3)C2=O)c(C#N)c1-c1ccccc1. The predicted octanol–water partition coefficient (Wildman–Crippen LogP) is 5.84. The van der Waals surface area contributed by atoms with E-state index in [1.165, 1.54) is 42.5 Å². The van der Waals surface area contributed by atoms with Crippen LogP contribution >= 0.6 is 35.0 Å². The molecule has 1 aliphatic rings. The lowest BCUT2D eigenvalue weighted by molar-refractivity contribution is -0.121. The molecular weight excluding hydrogens is 637 g/mol. The summed E-state index contributed by atoms with van der Waals surface area (Å²) in [6, 6.07) is 22.7. The predicted molar refractivity (Wildman–Crippen MR) is 168 cm³/mol. The minimum Gasteiger partial charge on any atom is -0.454 e. The molecule has 1 aromatic heterocycles. The maximum atomic E-state index is 13.4. The molecule has 5 rings (SSSR count). The third-order valence-electron chi connectivity index (χ3n) is 6.77. The number of pyridine rings is 1. The number of nitrogen functional groups attached to an aromatic ring is 1. The molecule has 2 amide bonds. The number of halogens is 2. The lowest BCUT2D eigenvalue weighted by Gasteiger charge is -2.16. The van der Waals surface area contributed by atoms with Gasteiger partial charge in [-0.15, -0.1) is 0 Å². The van der Waals surface area contributed by atoms with Crippen molar-refractivity contribution in [3.05, 3.63) is 105 Å². The van der Waals surface area contributed by atoms with E-state index in [0.717, 1.165) is 16.7 Å². The van der Waals surface area contributed by atoms with Gasteiger partial charge in [0.2, 0.25) is 11.8 Å². The maximum Gasteiger partial charge on any atom is 0.338 e. The zero-order chi connectivity index (χ0) is 32.2. The first-order chi connectivity index (χ1) is 21.6. The van der Waals surface area contributed by atoms with Crippen molar-refractivity contribution in [2.24, 2.45) is 0 Å². The monoisotopic (exact) mass is 655 g/mol. The number of aromatic nitrogens is 1. The van der Waals surface area contributed by atoms with Gasteiger partial charge < -0.3 is 10.5 Å². The first-order valence-electron chi connectivity index (χ1n) is 13.1. The number of nitrogens with two attached hydrogens (primary N) is 1. The Bertz CT molecular complexity index is 1960. The fraction of sp³-hybridized carbons (Fsp3) is 0.0938. The zero-order valence-corrected chi connectivity index (χ0v) is 25.3. The number of benzene rings is 3. The van der Waals surface area contributed by atoms with E-state index in [1.807, 2.05) is 6.07 Å². The van der Waals surface area contributed by atoms with Gasteiger partial charge in [-0.25, -0.2) is 14.7 Å². The Morgan fingerprint density at radius 3 is 2.27 bits per heavy atom. The van der Waals surface area contributed by atoms with E-state index >= 15 is 0 Å². The average molecular weight is 657 g/mol. The van der Waals surface area contributed by atoms with Gasteiger partial charge in [0.25, 0.3) is 0 Å². The van der Waals surface area contributed by atoms with Gasteiger partial charge in [0.05, 0.1) is 32.1 Å². The first kappa shape index (κ1) is 31.2. The Labute approximate surface area is 270 Å². The van der Waals surface area contributed by atoms with Gasteiger partial charge in [0, 0.05) is 17.5 Å². The van der Waals surface area contributed by atoms with Crippen LogP contribution in [0, 0.1) is 22.7 Å². The maximum absolute atomic E-state index is 13.4. The number of hydrogen-bond donors (Lipinski definition) is 1. The van der Waals surface area contributed by atoms with Crippen LogP contribution in [-0.2, 0) is 14.3 Å². The van der Waals surface area contributed by atoms with E-state index in [9.17, 15) is 29.7 Å². The Kier molecular flexibility index (Phi) is 9.16. The van der Waals surface area contributed by atoms with Crippen LogP contribution in [0.2, 0.25) is 10.0 Å². The number of carbonyl (C=O) groups excluding carboxylic acids is 4. The van der Waals surface area contributed by atoms with Gasteiger partial charge in [0.15, 0.2) is 12.4 Å². The average Bonchev–Trinajstić information content (AvgIpc) is 3.32. The van der Waals surface area contributed by atoms with Crippen LogP contribution in [0.3, 0.4) is 0 Å². The second-order valence-electron chi connectivity index (χ2n) is 9.57. The Hall–Kier alpha value is -5.20. The Morgan fingerprint density at radius 1 is 0.956 bits per heavy atom. The van der Waals surface area contributed by atoms with Gasteiger partial charge in [0.1, 0.15) is 28.5 Å². The third-order valence-corrected chi connectivity index (χ3v) is 8.68. The van der Waals surface area contributed by atoms with Crippen LogP contribution in [0.15, 0.2) is 77.8 Å². The number of ether oxygens (including phenoxy) is 1. The van der Waals surface area contributed by atoms with Crippen molar-refractivity contribution in [1.29, 1.82) is 10.5 Å². The van der Waals surface area contributed by atoms with Gasteiger partial charge in [-0.1, -0.05) is 65.3 Å². The minimum atomic E-state index is -0.926.